The van der Waals surface area contributed by atoms with Crippen LogP contribution in [0, 0.1) is 0 Å². The largest absolute Gasteiger partial charge is 0.456 e. The van der Waals surface area contributed by atoms with Gasteiger partial charge < -0.3 is 4.42 Å². The molecule has 0 bridgehead atoms. The predicted octanol–water partition coefficient (Wildman–Crippen LogP) is 14.9. The van der Waals surface area contributed by atoms with Gasteiger partial charge in [-0.1, -0.05) is 158 Å². The minimum absolute atomic E-state index is 0.605. The second kappa shape index (κ2) is 12.0. The number of rotatable bonds is 3. The zero-order valence-electron chi connectivity index (χ0n) is 30.9. The fourth-order valence-electron chi connectivity index (χ4n) is 9.39. The van der Waals surface area contributed by atoms with Gasteiger partial charge in [0, 0.05) is 53.0 Å². The highest BCUT2D eigenvalue weighted by Crippen LogP contribution is 2.49. The molecule has 3 aromatic heterocycles. The second-order valence-electron chi connectivity index (χ2n) is 15.0. The van der Waals surface area contributed by atoms with Gasteiger partial charge in [0.05, 0.1) is 0 Å². The summed E-state index contributed by atoms with van der Waals surface area (Å²) in [6.45, 7) is 0. The normalized spacial score (nSPS) is 12.1. The third-order valence-electron chi connectivity index (χ3n) is 11.9. The third kappa shape index (κ3) is 4.47. The molecule has 0 amide bonds. The van der Waals surface area contributed by atoms with Crippen molar-refractivity contribution in [2.24, 2.45) is 0 Å². The summed E-state index contributed by atoms with van der Waals surface area (Å²) >= 11 is 1.86. The van der Waals surface area contributed by atoms with E-state index in [2.05, 4.69) is 152 Å². The first-order valence-electron chi connectivity index (χ1n) is 19.5. The van der Waals surface area contributed by atoms with Crippen LogP contribution in [0.4, 0.5) is 0 Å². The first-order chi connectivity index (χ1) is 28.8. The molecule has 0 aliphatic carbocycles. The summed E-state index contributed by atoms with van der Waals surface area (Å²) in [6.07, 6.45) is 0. The average Bonchev–Trinajstić information content (AvgIpc) is 3.86. The molecule has 10 aromatic carbocycles. The van der Waals surface area contributed by atoms with Gasteiger partial charge in [0.1, 0.15) is 11.2 Å². The molecule has 0 spiro atoms. The SMILES string of the molecule is c1ccc2c(-c3nc(-c4cccc5oc6ccccc6c45)nc(-c4c5ccccc5cc5sc6c(ccc7c8ccccc8c8ccccc8c76)c45)n3)cccc2c1. The van der Waals surface area contributed by atoms with Crippen molar-refractivity contribution in [2.45, 2.75) is 0 Å². The Bertz CT molecular complexity index is 3840. The Morgan fingerprint density at radius 2 is 0.879 bits per heavy atom. The van der Waals surface area contributed by atoms with Crippen LogP contribution in [-0.2, 0) is 0 Å². The van der Waals surface area contributed by atoms with Crippen molar-refractivity contribution in [1.82, 2.24) is 15.0 Å². The Hall–Kier alpha value is -7.47. The van der Waals surface area contributed by atoms with E-state index >= 15 is 0 Å². The zero-order valence-corrected chi connectivity index (χ0v) is 31.7. The van der Waals surface area contributed by atoms with E-state index < -0.39 is 0 Å². The van der Waals surface area contributed by atoms with Crippen LogP contribution in [0.15, 0.2) is 180 Å². The zero-order chi connectivity index (χ0) is 37.9. The highest BCUT2D eigenvalue weighted by molar-refractivity contribution is 7.27. The molecule has 4 nitrogen and oxygen atoms in total. The lowest BCUT2D eigenvalue weighted by Gasteiger charge is -2.14. The molecular weight excluding hydrogens is 727 g/mol. The summed E-state index contributed by atoms with van der Waals surface area (Å²) in [6, 6.07) is 62.4. The van der Waals surface area contributed by atoms with Gasteiger partial charge in [-0.3, -0.25) is 0 Å². The van der Waals surface area contributed by atoms with Gasteiger partial charge in [-0.05, 0) is 66.7 Å². The topological polar surface area (TPSA) is 51.8 Å². The smallest absolute Gasteiger partial charge is 0.165 e. The molecule has 0 radical (unpaired) electrons. The van der Waals surface area contributed by atoms with E-state index in [1.165, 1.54) is 47.1 Å². The van der Waals surface area contributed by atoms with E-state index in [0.29, 0.717) is 17.5 Å². The number of fused-ring (bicyclic) bond motifs is 15. The quantitative estimate of drug-likeness (QED) is 0.169. The molecule has 0 unspecified atom stereocenters. The van der Waals surface area contributed by atoms with Crippen molar-refractivity contribution < 1.29 is 4.42 Å². The fraction of sp³-hybridized carbons (Fsp3) is 0. The van der Waals surface area contributed by atoms with Gasteiger partial charge in [-0.2, -0.15) is 0 Å². The summed E-state index contributed by atoms with van der Waals surface area (Å²) in [5, 5.41) is 16.5. The summed E-state index contributed by atoms with van der Waals surface area (Å²) in [7, 11) is 0. The molecule has 3 heterocycles. The van der Waals surface area contributed by atoms with E-state index in [1.54, 1.807) is 0 Å². The van der Waals surface area contributed by atoms with E-state index in [9.17, 15) is 0 Å². The number of furan rings is 1. The van der Waals surface area contributed by atoms with Gasteiger partial charge >= 0.3 is 0 Å². The van der Waals surface area contributed by atoms with Crippen LogP contribution >= 0.6 is 11.3 Å². The molecule has 0 atom stereocenters. The average molecular weight is 756 g/mol. The summed E-state index contributed by atoms with van der Waals surface area (Å²) in [5.41, 5.74) is 4.52. The first-order valence-corrected chi connectivity index (χ1v) is 20.3. The van der Waals surface area contributed by atoms with Crippen molar-refractivity contribution in [3.05, 3.63) is 176 Å². The van der Waals surface area contributed by atoms with Crippen LogP contribution in [0.5, 0.6) is 0 Å². The number of benzene rings is 10. The molecule has 0 saturated carbocycles. The van der Waals surface area contributed by atoms with Gasteiger partial charge in [0.25, 0.3) is 0 Å². The minimum atomic E-state index is 0.605. The molecule has 13 aromatic rings. The van der Waals surface area contributed by atoms with Crippen molar-refractivity contribution in [3.8, 4) is 34.2 Å². The summed E-state index contributed by atoms with van der Waals surface area (Å²) in [5.74, 6) is 1.88. The highest BCUT2D eigenvalue weighted by atomic mass is 32.1. The lowest BCUT2D eigenvalue weighted by Crippen LogP contribution is -2.01. The van der Waals surface area contributed by atoms with Crippen molar-refractivity contribution in [2.75, 3.05) is 0 Å². The van der Waals surface area contributed by atoms with Gasteiger partial charge in [-0.15, -0.1) is 11.3 Å². The van der Waals surface area contributed by atoms with E-state index in [4.69, 9.17) is 19.4 Å². The molecule has 0 aliphatic rings. The number of aromatic nitrogens is 3. The van der Waals surface area contributed by atoms with Crippen molar-refractivity contribution in [3.63, 3.8) is 0 Å². The minimum Gasteiger partial charge on any atom is -0.456 e. The second-order valence-corrected chi connectivity index (χ2v) is 16.1. The Kier molecular flexibility index (Phi) is 6.57. The molecule has 0 fully saturated rings. The number of para-hydroxylation sites is 1. The van der Waals surface area contributed by atoms with Crippen molar-refractivity contribution in [1.29, 1.82) is 0 Å². The monoisotopic (exact) mass is 755 g/mol. The predicted molar refractivity (Wildman–Crippen MR) is 244 cm³/mol. The number of hydrogen-bond donors (Lipinski definition) is 0. The van der Waals surface area contributed by atoms with Crippen LogP contribution in [0.25, 0.3) is 130 Å². The maximum Gasteiger partial charge on any atom is 0.165 e. The Morgan fingerprint density at radius 1 is 0.345 bits per heavy atom. The van der Waals surface area contributed by atoms with E-state index in [-0.39, 0.29) is 0 Å². The molecule has 58 heavy (non-hydrogen) atoms. The Balaban J connectivity index is 1.19. The fourth-order valence-corrected chi connectivity index (χ4v) is 10.7. The number of hydrogen-bond acceptors (Lipinski definition) is 5. The maximum absolute atomic E-state index is 6.38. The van der Waals surface area contributed by atoms with E-state index in [0.717, 1.165) is 65.6 Å². The first kappa shape index (κ1) is 31.7. The third-order valence-corrected chi connectivity index (χ3v) is 13.1. The molecule has 0 aliphatic heterocycles. The summed E-state index contributed by atoms with van der Waals surface area (Å²) < 4.78 is 8.84. The Labute approximate surface area is 335 Å². The van der Waals surface area contributed by atoms with Crippen molar-refractivity contribution >= 4 is 107 Å². The van der Waals surface area contributed by atoms with Crippen LogP contribution in [0.1, 0.15) is 0 Å². The van der Waals surface area contributed by atoms with Crippen LogP contribution in [-0.4, -0.2) is 15.0 Å². The lowest BCUT2D eigenvalue weighted by atomic mass is 9.92. The van der Waals surface area contributed by atoms with Crippen LogP contribution < -0.4 is 0 Å². The number of nitrogens with zero attached hydrogens (tertiary/aromatic N) is 3. The van der Waals surface area contributed by atoms with Crippen LogP contribution in [0.2, 0.25) is 0 Å². The lowest BCUT2D eigenvalue weighted by molar-refractivity contribution is 0.669. The van der Waals surface area contributed by atoms with E-state index in [1.807, 2.05) is 35.6 Å². The molecule has 5 heteroatoms. The molecule has 13 rings (SSSR count). The Morgan fingerprint density at radius 3 is 1.69 bits per heavy atom. The molecule has 268 valence electrons. The van der Waals surface area contributed by atoms with Gasteiger partial charge in [0.15, 0.2) is 17.5 Å². The molecule has 0 saturated heterocycles. The number of thiophene rings is 1. The summed E-state index contributed by atoms with van der Waals surface area (Å²) in [4.78, 5) is 16.3. The van der Waals surface area contributed by atoms with Gasteiger partial charge in [-0.25, -0.2) is 15.0 Å². The molecular formula is C53H29N3OS. The van der Waals surface area contributed by atoms with Gasteiger partial charge in [0.2, 0.25) is 0 Å². The highest BCUT2D eigenvalue weighted by Gasteiger charge is 2.24. The standard InChI is InChI=1S/C53H29N3OS/c1-3-16-32-30(13-1)15-11-23-39(32)51-54-52(42-24-12-26-44-46(42)40-22-9-10-25-43(40)57-44)56-53(55-51)49-33-17-4-2-14-31(33)29-45-48(49)41-28-27-38-36-20-6-5-18-34(36)35-19-7-8-21-37(35)47(38)50(41)58-45/h1-29H. The maximum atomic E-state index is 6.38. The van der Waals surface area contributed by atoms with Crippen LogP contribution in [0.3, 0.4) is 0 Å². The molecule has 0 N–H and O–H groups in total.